The van der Waals surface area contributed by atoms with Gasteiger partial charge < -0.3 is 0 Å². The average Bonchev–Trinajstić information content (AvgIpc) is 2.90. The van der Waals surface area contributed by atoms with E-state index in [0.29, 0.717) is 23.1 Å². The van der Waals surface area contributed by atoms with Crippen molar-refractivity contribution in [2.75, 3.05) is 0 Å². The molecule has 0 aliphatic heterocycles. The summed E-state index contributed by atoms with van der Waals surface area (Å²) in [7, 11) is 1.87. The lowest BCUT2D eigenvalue weighted by Gasteiger charge is -2.29. The average molecular weight is 297 g/mol. The fraction of sp³-hybridized carbons (Fsp3) is 0.750. The van der Waals surface area contributed by atoms with Crippen LogP contribution in [0.15, 0.2) is 0 Å². The van der Waals surface area contributed by atoms with Gasteiger partial charge in [-0.2, -0.15) is 5.10 Å². The van der Waals surface area contributed by atoms with Gasteiger partial charge in [-0.3, -0.25) is 9.48 Å². The van der Waals surface area contributed by atoms with E-state index in [0.717, 1.165) is 30.7 Å². The highest BCUT2D eigenvalue weighted by Gasteiger charge is 2.41. The lowest BCUT2D eigenvalue weighted by Crippen LogP contribution is -2.31. The Kier molecular flexibility index (Phi) is 4.58. The number of aromatic nitrogens is 2. The molecule has 1 aliphatic carbocycles. The molecule has 0 amide bonds. The van der Waals surface area contributed by atoms with E-state index >= 15 is 0 Å². The number of nitrogens with zero attached hydrogens (tertiary/aromatic N) is 2. The number of carbonyl (C=O) groups excluding carboxylic acids is 1. The summed E-state index contributed by atoms with van der Waals surface area (Å²) in [5.74, 6) is 0.911. The van der Waals surface area contributed by atoms with Crippen LogP contribution >= 0.6 is 11.6 Å². The third-order valence-corrected chi connectivity index (χ3v) is 5.03. The quantitative estimate of drug-likeness (QED) is 0.820. The van der Waals surface area contributed by atoms with Crippen LogP contribution in [0.5, 0.6) is 0 Å². The van der Waals surface area contributed by atoms with E-state index < -0.39 is 0 Å². The van der Waals surface area contributed by atoms with E-state index in [1.165, 1.54) is 12.8 Å². The first-order chi connectivity index (χ1) is 9.35. The predicted octanol–water partition coefficient (Wildman–Crippen LogP) is 4.10. The van der Waals surface area contributed by atoms with Crippen molar-refractivity contribution in [2.45, 2.75) is 59.3 Å². The highest BCUT2D eigenvalue weighted by Crippen LogP contribution is 2.44. The topological polar surface area (TPSA) is 34.9 Å². The van der Waals surface area contributed by atoms with Crippen molar-refractivity contribution < 1.29 is 4.79 Å². The van der Waals surface area contributed by atoms with Gasteiger partial charge in [0.25, 0.3) is 0 Å². The molecule has 3 nitrogen and oxygen atoms in total. The molecule has 0 atom stereocenters. The summed E-state index contributed by atoms with van der Waals surface area (Å²) in [6, 6.07) is 0. The maximum absolute atomic E-state index is 12.9. The zero-order chi connectivity index (χ0) is 14.9. The Morgan fingerprint density at radius 3 is 2.45 bits per heavy atom. The maximum atomic E-state index is 12.9. The Morgan fingerprint density at radius 2 is 2.00 bits per heavy atom. The minimum absolute atomic E-state index is 0.115. The molecule has 0 spiro atoms. The van der Waals surface area contributed by atoms with Gasteiger partial charge in [-0.1, -0.05) is 38.3 Å². The van der Waals surface area contributed by atoms with Gasteiger partial charge in [0.1, 0.15) is 5.78 Å². The number of aryl methyl sites for hydroxylation is 2. The van der Waals surface area contributed by atoms with E-state index in [9.17, 15) is 4.79 Å². The second-order valence-electron chi connectivity index (χ2n) is 6.66. The molecule has 1 aliphatic rings. The predicted molar refractivity (Wildman–Crippen MR) is 82.0 cm³/mol. The van der Waals surface area contributed by atoms with E-state index in [1.807, 2.05) is 14.0 Å². The largest absolute Gasteiger partial charge is 0.299 e. The Morgan fingerprint density at radius 1 is 1.40 bits per heavy atom. The van der Waals surface area contributed by atoms with Crippen molar-refractivity contribution in [3.8, 4) is 0 Å². The van der Waals surface area contributed by atoms with Crippen LogP contribution in [0.3, 0.4) is 0 Å². The summed E-state index contributed by atoms with van der Waals surface area (Å²) in [5.41, 5.74) is 1.56. The molecule has 0 unspecified atom stereocenters. The van der Waals surface area contributed by atoms with E-state index in [1.54, 1.807) is 4.68 Å². The van der Waals surface area contributed by atoms with Gasteiger partial charge in [0, 0.05) is 12.5 Å². The molecule has 0 N–H and O–H groups in total. The first kappa shape index (κ1) is 15.6. The standard InChI is InChI=1S/C16H25ClN2O/c1-11(2)10-16(7-5-6-8-16)14(20)9-13-15(17)12(3)18-19(13)4/h11H,5-10H2,1-4H3. The first-order valence-electron chi connectivity index (χ1n) is 7.57. The maximum Gasteiger partial charge on any atom is 0.145 e. The molecule has 0 radical (unpaired) electrons. The Hall–Kier alpha value is -0.830. The Balaban J connectivity index is 2.21. The van der Waals surface area contributed by atoms with Crippen molar-refractivity contribution in [1.82, 2.24) is 9.78 Å². The molecule has 0 bridgehead atoms. The van der Waals surface area contributed by atoms with Gasteiger partial charge in [0.05, 0.1) is 22.8 Å². The zero-order valence-corrected chi connectivity index (χ0v) is 13.8. The van der Waals surface area contributed by atoms with Crippen LogP contribution in [0.4, 0.5) is 0 Å². The van der Waals surface area contributed by atoms with Gasteiger partial charge in [0.2, 0.25) is 0 Å². The lowest BCUT2D eigenvalue weighted by atomic mass is 9.74. The number of halogens is 1. The number of Topliss-reactive ketones (excluding diaryl/α,β-unsaturated/α-hetero) is 1. The molecular formula is C16H25ClN2O. The molecule has 0 aromatic carbocycles. The van der Waals surface area contributed by atoms with Crippen molar-refractivity contribution in [3.05, 3.63) is 16.4 Å². The van der Waals surface area contributed by atoms with Crippen LogP contribution in [-0.4, -0.2) is 15.6 Å². The minimum atomic E-state index is -0.115. The minimum Gasteiger partial charge on any atom is -0.299 e. The van der Waals surface area contributed by atoms with E-state index in [2.05, 4.69) is 18.9 Å². The fourth-order valence-electron chi connectivity index (χ4n) is 3.64. The molecule has 20 heavy (non-hydrogen) atoms. The van der Waals surface area contributed by atoms with E-state index in [-0.39, 0.29) is 5.41 Å². The molecular weight excluding hydrogens is 272 g/mol. The van der Waals surface area contributed by atoms with Gasteiger partial charge in [-0.05, 0) is 32.1 Å². The van der Waals surface area contributed by atoms with Crippen molar-refractivity contribution in [2.24, 2.45) is 18.4 Å². The molecule has 1 fully saturated rings. The Labute approximate surface area is 126 Å². The summed E-state index contributed by atoms with van der Waals surface area (Å²) < 4.78 is 1.76. The third kappa shape index (κ3) is 2.93. The molecule has 4 heteroatoms. The fourth-order valence-corrected chi connectivity index (χ4v) is 3.87. The second-order valence-corrected chi connectivity index (χ2v) is 7.03. The molecule has 1 aromatic heterocycles. The first-order valence-corrected chi connectivity index (χ1v) is 7.95. The molecule has 112 valence electrons. The molecule has 1 aromatic rings. The monoisotopic (exact) mass is 296 g/mol. The summed E-state index contributed by atoms with van der Waals surface area (Å²) in [6.45, 7) is 6.29. The highest BCUT2D eigenvalue weighted by molar-refractivity contribution is 6.32. The molecule has 1 heterocycles. The van der Waals surface area contributed by atoms with Crippen LogP contribution in [-0.2, 0) is 18.3 Å². The molecule has 0 saturated heterocycles. The van der Waals surface area contributed by atoms with Crippen molar-refractivity contribution in [3.63, 3.8) is 0 Å². The van der Waals surface area contributed by atoms with Crippen molar-refractivity contribution in [1.29, 1.82) is 0 Å². The summed E-state index contributed by atoms with van der Waals surface area (Å²) >= 11 is 6.28. The number of hydrogen-bond acceptors (Lipinski definition) is 2. The number of rotatable bonds is 5. The van der Waals surface area contributed by atoms with Gasteiger partial charge in [-0.25, -0.2) is 0 Å². The van der Waals surface area contributed by atoms with Crippen LogP contribution in [0.1, 0.15) is 57.3 Å². The summed E-state index contributed by atoms with van der Waals surface area (Å²) in [6.07, 6.45) is 5.85. The summed E-state index contributed by atoms with van der Waals surface area (Å²) in [5, 5.41) is 4.96. The van der Waals surface area contributed by atoms with Crippen LogP contribution < -0.4 is 0 Å². The number of ketones is 1. The van der Waals surface area contributed by atoms with Crippen LogP contribution in [0.2, 0.25) is 5.02 Å². The summed E-state index contributed by atoms with van der Waals surface area (Å²) in [4.78, 5) is 12.9. The zero-order valence-electron chi connectivity index (χ0n) is 13.0. The van der Waals surface area contributed by atoms with Gasteiger partial charge in [0.15, 0.2) is 0 Å². The number of carbonyl (C=O) groups is 1. The number of hydrogen-bond donors (Lipinski definition) is 0. The SMILES string of the molecule is Cc1nn(C)c(CC(=O)C2(CC(C)C)CCCC2)c1Cl. The molecule has 2 rings (SSSR count). The van der Waals surface area contributed by atoms with E-state index in [4.69, 9.17) is 11.6 Å². The lowest BCUT2D eigenvalue weighted by molar-refractivity contribution is -0.128. The highest BCUT2D eigenvalue weighted by atomic mass is 35.5. The third-order valence-electron chi connectivity index (χ3n) is 4.54. The van der Waals surface area contributed by atoms with Gasteiger partial charge in [-0.15, -0.1) is 0 Å². The van der Waals surface area contributed by atoms with Crippen LogP contribution in [0, 0.1) is 18.3 Å². The second kappa shape index (κ2) is 5.88. The smallest absolute Gasteiger partial charge is 0.145 e. The molecule has 1 saturated carbocycles. The van der Waals surface area contributed by atoms with Crippen molar-refractivity contribution >= 4 is 17.4 Å². The van der Waals surface area contributed by atoms with Gasteiger partial charge >= 0.3 is 0 Å². The van der Waals surface area contributed by atoms with Crippen LogP contribution in [0.25, 0.3) is 0 Å². The Bertz CT molecular complexity index is 499. The normalized spacial score (nSPS) is 17.9.